The summed E-state index contributed by atoms with van der Waals surface area (Å²) < 4.78 is 44.5. The first-order chi connectivity index (χ1) is 12.6. The van der Waals surface area contributed by atoms with E-state index >= 15 is 0 Å². The summed E-state index contributed by atoms with van der Waals surface area (Å²) in [5.74, 6) is -1.45. The van der Waals surface area contributed by atoms with Crippen LogP contribution in [0, 0.1) is 0 Å². The Kier molecular flexibility index (Phi) is 6.37. The van der Waals surface area contributed by atoms with E-state index in [1.165, 1.54) is 0 Å². The summed E-state index contributed by atoms with van der Waals surface area (Å²) in [7, 11) is 0.862. The molecule has 0 radical (unpaired) electrons. The third-order valence-electron chi connectivity index (χ3n) is 3.63. The van der Waals surface area contributed by atoms with E-state index in [1.807, 2.05) is 0 Å². The average Bonchev–Trinajstić information content (AvgIpc) is 2.60. The zero-order chi connectivity index (χ0) is 20.2. The van der Waals surface area contributed by atoms with Gasteiger partial charge < -0.3 is 19.7 Å². The van der Waals surface area contributed by atoms with Crippen LogP contribution in [0.1, 0.15) is 22.5 Å². The number of hydrogen-bond acceptors (Lipinski definition) is 4. The van der Waals surface area contributed by atoms with Gasteiger partial charge >= 0.3 is 6.18 Å². The quantitative estimate of drug-likeness (QED) is 0.725. The third kappa shape index (κ3) is 5.16. The number of amides is 1. The summed E-state index contributed by atoms with van der Waals surface area (Å²) in [6.45, 7) is 0.306. The van der Waals surface area contributed by atoms with Crippen molar-refractivity contribution in [1.29, 1.82) is 0 Å². The van der Waals surface area contributed by atoms with Crippen molar-refractivity contribution in [3.8, 4) is 11.5 Å². The second kappa shape index (κ2) is 8.34. The SMILES string of the molecule is Cn1c(C(F)(F)F)cc(C(=O)NCCCOc2ccc(Cl)cc2)c(O)c1=O. The molecule has 0 saturated heterocycles. The van der Waals surface area contributed by atoms with Crippen molar-refractivity contribution in [1.82, 2.24) is 9.88 Å². The Labute approximate surface area is 157 Å². The molecule has 2 rings (SSSR count). The zero-order valence-electron chi connectivity index (χ0n) is 14.1. The van der Waals surface area contributed by atoms with E-state index in [0.29, 0.717) is 23.3 Å². The number of pyridine rings is 1. The molecule has 0 bridgehead atoms. The van der Waals surface area contributed by atoms with E-state index in [2.05, 4.69) is 5.32 Å². The fraction of sp³-hybridized carbons (Fsp3) is 0.294. The third-order valence-corrected chi connectivity index (χ3v) is 3.88. The van der Waals surface area contributed by atoms with Crippen LogP contribution in [-0.4, -0.2) is 28.7 Å². The highest BCUT2D eigenvalue weighted by Gasteiger charge is 2.36. The van der Waals surface area contributed by atoms with E-state index in [1.54, 1.807) is 24.3 Å². The van der Waals surface area contributed by atoms with Crippen LogP contribution < -0.4 is 15.6 Å². The number of nitrogens with one attached hydrogen (secondary N) is 1. The summed E-state index contributed by atoms with van der Waals surface area (Å²) in [6.07, 6.45) is -4.49. The van der Waals surface area contributed by atoms with Crippen molar-refractivity contribution in [2.45, 2.75) is 12.6 Å². The van der Waals surface area contributed by atoms with Crippen molar-refractivity contribution in [3.63, 3.8) is 0 Å². The highest BCUT2D eigenvalue weighted by molar-refractivity contribution is 6.30. The summed E-state index contributed by atoms with van der Waals surface area (Å²) in [6, 6.07) is 7.07. The normalized spacial score (nSPS) is 11.3. The monoisotopic (exact) mass is 404 g/mol. The Bertz CT molecular complexity index is 879. The Morgan fingerprint density at radius 3 is 2.52 bits per heavy atom. The molecule has 0 fully saturated rings. The molecule has 0 unspecified atom stereocenters. The van der Waals surface area contributed by atoms with Crippen molar-refractivity contribution >= 4 is 17.5 Å². The minimum Gasteiger partial charge on any atom is -0.502 e. The van der Waals surface area contributed by atoms with Crippen LogP contribution in [-0.2, 0) is 13.2 Å². The summed E-state index contributed by atoms with van der Waals surface area (Å²) in [5.41, 5.74) is -3.37. The molecule has 146 valence electrons. The van der Waals surface area contributed by atoms with Crippen molar-refractivity contribution in [3.05, 3.63) is 57.0 Å². The molecule has 1 aromatic heterocycles. The highest BCUT2D eigenvalue weighted by atomic mass is 35.5. The van der Waals surface area contributed by atoms with Gasteiger partial charge in [0.05, 0.1) is 12.2 Å². The lowest BCUT2D eigenvalue weighted by molar-refractivity contribution is -0.143. The largest absolute Gasteiger partial charge is 0.502 e. The van der Waals surface area contributed by atoms with Gasteiger partial charge in [-0.25, -0.2) is 0 Å². The van der Waals surface area contributed by atoms with E-state index in [9.17, 15) is 27.9 Å². The van der Waals surface area contributed by atoms with E-state index in [0.717, 1.165) is 7.05 Å². The molecule has 27 heavy (non-hydrogen) atoms. The van der Waals surface area contributed by atoms with Crippen molar-refractivity contribution < 1.29 is 27.8 Å². The fourth-order valence-corrected chi connectivity index (χ4v) is 2.35. The highest BCUT2D eigenvalue weighted by Crippen LogP contribution is 2.30. The number of halogens is 4. The van der Waals surface area contributed by atoms with Crippen LogP contribution in [0.3, 0.4) is 0 Å². The molecular weight excluding hydrogens is 389 g/mol. The molecule has 10 heteroatoms. The molecule has 1 heterocycles. The summed E-state index contributed by atoms with van der Waals surface area (Å²) >= 11 is 5.74. The van der Waals surface area contributed by atoms with Gasteiger partial charge in [-0.3, -0.25) is 9.59 Å². The molecule has 1 amide bonds. The maximum absolute atomic E-state index is 12.9. The molecule has 0 atom stereocenters. The zero-order valence-corrected chi connectivity index (χ0v) is 14.9. The molecule has 0 saturated carbocycles. The number of aromatic hydroxyl groups is 1. The molecule has 2 aromatic rings. The van der Waals surface area contributed by atoms with E-state index in [-0.39, 0.29) is 17.7 Å². The molecular formula is C17H16ClF3N2O4. The Hall–Kier alpha value is -2.68. The first-order valence-corrected chi connectivity index (χ1v) is 8.16. The van der Waals surface area contributed by atoms with Gasteiger partial charge in [0, 0.05) is 18.6 Å². The number of aromatic nitrogens is 1. The van der Waals surface area contributed by atoms with Gasteiger partial charge in [-0.15, -0.1) is 0 Å². The van der Waals surface area contributed by atoms with Gasteiger partial charge in [0.25, 0.3) is 11.5 Å². The van der Waals surface area contributed by atoms with E-state index < -0.39 is 34.6 Å². The molecule has 0 aliphatic heterocycles. The molecule has 0 aliphatic rings. The lowest BCUT2D eigenvalue weighted by Gasteiger charge is -2.14. The molecule has 0 spiro atoms. The molecule has 2 N–H and O–H groups in total. The topological polar surface area (TPSA) is 80.6 Å². The van der Waals surface area contributed by atoms with Crippen molar-refractivity contribution in [2.75, 3.05) is 13.2 Å². The number of benzene rings is 1. The first-order valence-electron chi connectivity index (χ1n) is 7.78. The first kappa shape index (κ1) is 20.6. The average molecular weight is 405 g/mol. The van der Waals surface area contributed by atoms with Gasteiger partial charge in [0.1, 0.15) is 11.4 Å². The number of alkyl halides is 3. The van der Waals surface area contributed by atoms with Crippen LogP contribution in [0.4, 0.5) is 13.2 Å². The van der Waals surface area contributed by atoms with E-state index in [4.69, 9.17) is 16.3 Å². The predicted molar refractivity (Wildman–Crippen MR) is 92.2 cm³/mol. The van der Waals surface area contributed by atoms with Gasteiger partial charge in [0.2, 0.25) is 0 Å². The van der Waals surface area contributed by atoms with Crippen LogP contribution >= 0.6 is 11.6 Å². The van der Waals surface area contributed by atoms with Gasteiger partial charge in [0.15, 0.2) is 5.75 Å². The minimum atomic E-state index is -4.84. The Morgan fingerprint density at radius 2 is 1.93 bits per heavy atom. The number of carbonyl (C=O) groups excluding carboxylic acids is 1. The maximum Gasteiger partial charge on any atom is 0.431 e. The summed E-state index contributed by atoms with van der Waals surface area (Å²) in [5, 5.41) is 12.6. The lowest BCUT2D eigenvalue weighted by atomic mass is 10.1. The smallest absolute Gasteiger partial charge is 0.431 e. The van der Waals surface area contributed by atoms with Crippen LogP contribution in [0.15, 0.2) is 35.1 Å². The second-order valence-electron chi connectivity index (χ2n) is 5.57. The van der Waals surface area contributed by atoms with Crippen molar-refractivity contribution in [2.24, 2.45) is 7.05 Å². The van der Waals surface area contributed by atoms with Crippen LogP contribution in [0.25, 0.3) is 0 Å². The molecule has 0 aliphatic carbocycles. The van der Waals surface area contributed by atoms with Gasteiger partial charge in [-0.2, -0.15) is 13.2 Å². The Morgan fingerprint density at radius 1 is 1.30 bits per heavy atom. The minimum absolute atomic E-state index is 0.0718. The number of rotatable bonds is 6. The summed E-state index contributed by atoms with van der Waals surface area (Å²) in [4.78, 5) is 23.8. The standard InChI is InChI=1S/C17H16ClF3N2O4/c1-23-13(17(19,20)21)9-12(14(24)16(23)26)15(25)22-7-2-8-27-11-5-3-10(18)4-6-11/h3-6,9,24H,2,7-8H2,1H3,(H,22,25). The van der Waals surface area contributed by atoms with Crippen LogP contribution in [0.5, 0.6) is 11.5 Å². The molecule has 6 nitrogen and oxygen atoms in total. The maximum atomic E-state index is 12.9. The lowest BCUT2D eigenvalue weighted by Crippen LogP contribution is -2.31. The Balaban J connectivity index is 1.96. The van der Waals surface area contributed by atoms with Crippen LogP contribution in [0.2, 0.25) is 5.02 Å². The molecule has 1 aromatic carbocycles. The predicted octanol–water partition coefficient (Wildman–Crippen LogP) is 2.96. The van der Waals surface area contributed by atoms with Gasteiger partial charge in [-0.1, -0.05) is 11.6 Å². The fourth-order valence-electron chi connectivity index (χ4n) is 2.22. The number of carbonyl (C=O) groups is 1. The number of nitrogens with zero attached hydrogens (tertiary/aromatic N) is 1. The number of hydrogen-bond donors (Lipinski definition) is 2. The van der Waals surface area contributed by atoms with Gasteiger partial charge in [-0.05, 0) is 36.8 Å². The number of ether oxygens (including phenoxy) is 1. The second-order valence-corrected chi connectivity index (χ2v) is 6.00.